The summed E-state index contributed by atoms with van der Waals surface area (Å²) in [4.78, 5) is 11.6. The van der Waals surface area contributed by atoms with E-state index in [9.17, 15) is 18.0 Å². The number of carboxylic acid groups (broad SMARTS) is 1. The summed E-state index contributed by atoms with van der Waals surface area (Å²) in [6.45, 7) is -0.450. The average Bonchev–Trinajstić information content (AvgIpc) is 2.76. The first-order valence-electron chi connectivity index (χ1n) is 9.18. The standard InChI is InChI=1S/C23H19F3O4S/c1-29-21-12-19(10-11-20(21)30-13-22(27)28)31-14-15-2-4-16(5-3-15)17-6-8-18(9-7-17)23(24,25)26/h2-12H,13-14H2,1H3,(H,27,28). The van der Waals surface area contributed by atoms with Gasteiger partial charge >= 0.3 is 12.1 Å². The fourth-order valence-corrected chi connectivity index (χ4v) is 3.69. The van der Waals surface area contributed by atoms with Crippen molar-refractivity contribution in [2.24, 2.45) is 0 Å². The van der Waals surface area contributed by atoms with Crippen molar-refractivity contribution in [1.82, 2.24) is 0 Å². The number of hydrogen-bond acceptors (Lipinski definition) is 4. The van der Waals surface area contributed by atoms with E-state index in [-0.39, 0.29) is 0 Å². The van der Waals surface area contributed by atoms with Gasteiger partial charge in [0.2, 0.25) is 0 Å². The molecule has 0 heterocycles. The lowest BCUT2D eigenvalue weighted by atomic mass is 10.0. The molecular formula is C23H19F3O4S. The van der Waals surface area contributed by atoms with Gasteiger partial charge in [-0.3, -0.25) is 0 Å². The van der Waals surface area contributed by atoms with Gasteiger partial charge in [-0.25, -0.2) is 4.79 Å². The summed E-state index contributed by atoms with van der Waals surface area (Å²) in [7, 11) is 1.48. The zero-order valence-corrected chi connectivity index (χ0v) is 17.3. The minimum absolute atomic E-state index is 0.357. The number of aliphatic carboxylic acids is 1. The van der Waals surface area contributed by atoms with Crippen LogP contribution in [0.25, 0.3) is 11.1 Å². The Balaban J connectivity index is 1.63. The number of halogens is 3. The SMILES string of the molecule is COc1cc(SCc2ccc(-c3ccc(C(F)(F)F)cc3)cc2)ccc1OCC(=O)O. The molecule has 0 aromatic heterocycles. The zero-order valence-electron chi connectivity index (χ0n) is 16.5. The lowest BCUT2D eigenvalue weighted by Gasteiger charge is -2.11. The van der Waals surface area contributed by atoms with Crippen LogP contribution in [-0.2, 0) is 16.7 Å². The molecule has 3 rings (SSSR count). The van der Waals surface area contributed by atoms with Gasteiger partial charge in [0.25, 0.3) is 0 Å². The summed E-state index contributed by atoms with van der Waals surface area (Å²) < 4.78 is 48.6. The normalized spacial score (nSPS) is 11.2. The third-order valence-corrected chi connectivity index (χ3v) is 5.46. The molecule has 0 aliphatic heterocycles. The molecule has 0 aliphatic rings. The first kappa shape index (κ1) is 22.6. The summed E-state index contributed by atoms with van der Waals surface area (Å²) in [6.07, 6.45) is -4.34. The van der Waals surface area contributed by atoms with Crippen molar-refractivity contribution >= 4 is 17.7 Å². The third kappa shape index (κ3) is 6.18. The maximum Gasteiger partial charge on any atom is 0.416 e. The van der Waals surface area contributed by atoms with E-state index < -0.39 is 24.3 Å². The molecule has 8 heteroatoms. The third-order valence-electron chi connectivity index (χ3n) is 4.39. The van der Waals surface area contributed by atoms with Crippen LogP contribution in [0, 0.1) is 0 Å². The fraction of sp³-hybridized carbons (Fsp3) is 0.174. The molecule has 0 unspecified atom stereocenters. The highest BCUT2D eigenvalue weighted by atomic mass is 32.2. The first-order chi connectivity index (χ1) is 14.8. The van der Waals surface area contributed by atoms with Gasteiger partial charge in [0.15, 0.2) is 18.1 Å². The lowest BCUT2D eigenvalue weighted by molar-refractivity contribution is -0.139. The zero-order chi connectivity index (χ0) is 22.4. The summed E-state index contributed by atoms with van der Waals surface area (Å²) >= 11 is 1.57. The Bertz CT molecular complexity index is 1030. The van der Waals surface area contributed by atoms with E-state index >= 15 is 0 Å². The van der Waals surface area contributed by atoms with Crippen molar-refractivity contribution in [2.45, 2.75) is 16.8 Å². The fourth-order valence-electron chi connectivity index (χ4n) is 2.81. The molecule has 0 aliphatic carbocycles. The van der Waals surface area contributed by atoms with E-state index in [4.69, 9.17) is 14.6 Å². The van der Waals surface area contributed by atoms with E-state index in [0.29, 0.717) is 22.8 Å². The van der Waals surface area contributed by atoms with E-state index in [1.165, 1.54) is 19.2 Å². The van der Waals surface area contributed by atoms with Crippen LogP contribution in [0.1, 0.15) is 11.1 Å². The second-order valence-corrected chi connectivity index (χ2v) is 7.60. The van der Waals surface area contributed by atoms with Crippen molar-refractivity contribution < 1.29 is 32.5 Å². The van der Waals surface area contributed by atoms with E-state index in [1.54, 1.807) is 23.9 Å². The maximum atomic E-state index is 12.7. The molecule has 0 atom stereocenters. The first-order valence-corrected chi connectivity index (χ1v) is 10.2. The van der Waals surface area contributed by atoms with Crippen LogP contribution in [0.5, 0.6) is 11.5 Å². The molecule has 0 bridgehead atoms. The van der Waals surface area contributed by atoms with Crippen LogP contribution < -0.4 is 9.47 Å². The number of thioether (sulfide) groups is 1. The average molecular weight is 448 g/mol. The molecule has 162 valence electrons. The predicted molar refractivity (Wildman–Crippen MR) is 113 cm³/mol. The van der Waals surface area contributed by atoms with Crippen LogP contribution in [-0.4, -0.2) is 24.8 Å². The number of carbonyl (C=O) groups is 1. The number of ether oxygens (including phenoxy) is 2. The topological polar surface area (TPSA) is 55.8 Å². The second kappa shape index (κ2) is 9.78. The minimum Gasteiger partial charge on any atom is -0.493 e. The van der Waals surface area contributed by atoms with Crippen LogP contribution in [0.2, 0.25) is 0 Å². The molecule has 0 saturated carbocycles. The lowest BCUT2D eigenvalue weighted by Crippen LogP contribution is -2.09. The Labute approximate surface area is 181 Å². The molecule has 3 aromatic rings. The van der Waals surface area contributed by atoms with Crippen molar-refractivity contribution in [1.29, 1.82) is 0 Å². The van der Waals surface area contributed by atoms with Gasteiger partial charge in [-0.1, -0.05) is 36.4 Å². The van der Waals surface area contributed by atoms with Gasteiger partial charge in [-0.2, -0.15) is 13.2 Å². The largest absolute Gasteiger partial charge is 0.493 e. The number of benzene rings is 3. The van der Waals surface area contributed by atoms with Gasteiger partial charge in [0.05, 0.1) is 12.7 Å². The predicted octanol–water partition coefficient (Wildman–Crippen LogP) is 6.14. The maximum absolute atomic E-state index is 12.7. The van der Waals surface area contributed by atoms with Crippen LogP contribution in [0.4, 0.5) is 13.2 Å². The highest BCUT2D eigenvalue weighted by Crippen LogP contribution is 2.34. The molecule has 3 aromatic carbocycles. The Morgan fingerprint density at radius 3 is 2.10 bits per heavy atom. The molecule has 0 fully saturated rings. The van der Waals surface area contributed by atoms with Crippen LogP contribution in [0.3, 0.4) is 0 Å². The van der Waals surface area contributed by atoms with Gasteiger partial charge in [0, 0.05) is 10.6 Å². The number of carboxylic acids is 1. The number of hydrogen-bond donors (Lipinski definition) is 1. The summed E-state index contributed by atoms with van der Waals surface area (Å²) in [5.41, 5.74) is 1.93. The molecule has 31 heavy (non-hydrogen) atoms. The van der Waals surface area contributed by atoms with Crippen molar-refractivity contribution in [2.75, 3.05) is 13.7 Å². The molecule has 0 spiro atoms. The monoisotopic (exact) mass is 448 g/mol. The summed E-state index contributed by atoms with van der Waals surface area (Å²) in [5.74, 6) is 0.408. The van der Waals surface area contributed by atoms with Gasteiger partial charge in [-0.05, 0) is 47.0 Å². The number of methoxy groups -OCH3 is 1. The van der Waals surface area contributed by atoms with Crippen LogP contribution in [0.15, 0.2) is 71.6 Å². The Morgan fingerprint density at radius 2 is 1.55 bits per heavy atom. The van der Waals surface area contributed by atoms with Crippen LogP contribution >= 0.6 is 11.8 Å². The molecule has 0 radical (unpaired) electrons. The van der Waals surface area contributed by atoms with E-state index in [1.807, 2.05) is 30.3 Å². The smallest absolute Gasteiger partial charge is 0.416 e. The van der Waals surface area contributed by atoms with Gasteiger partial charge in [0.1, 0.15) is 0 Å². The molecule has 1 N–H and O–H groups in total. The number of rotatable bonds is 8. The Kier molecular flexibility index (Phi) is 7.12. The molecule has 0 saturated heterocycles. The Morgan fingerprint density at radius 1 is 0.935 bits per heavy atom. The molecule has 0 amide bonds. The van der Waals surface area contributed by atoms with Crippen molar-refractivity contribution in [3.8, 4) is 22.6 Å². The molecular weight excluding hydrogens is 429 g/mol. The quantitative estimate of drug-likeness (QED) is 0.420. The van der Waals surface area contributed by atoms with Crippen molar-refractivity contribution in [3.63, 3.8) is 0 Å². The van der Waals surface area contributed by atoms with Crippen molar-refractivity contribution in [3.05, 3.63) is 77.9 Å². The van der Waals surface area contributed by atoms with Gasteiger partial charge < -0.3 is 14.6 Å². The molecule has 4 nitrogen and oxygen atoms in total. The minimum atomic E-state index is -4.34. The number of alkyl halides is 3. The van der Waals surface area contributed by atoms with E-state index in [0.717, 1.165) is 28.2 Å². The highest BCUT2D eigenvalue weighted by Gasteiger charge is 2.29. The van der Waals surface area contributed by atoms with E-state index in [2.05, 4.69) is 0 Å². The second-order valence-electron chi connectivity index (χ2n) is 6.56. The summed E-state index contributed by atoms with van der Waals surface area (Å²) in [5, 5.41) is 8.72. The highest BCUT2D eigenvalue weighted by molar-refractivity contribution is 7.98. The van der Waals surface area contributed by atoms with Gasteiger partial charge in [-0.15, -0.1) is 11.8 Å². The summed E-state index contributed by atoms with van der Waals surface area (Å²) in [6, 6.07) is 18.0. The Hall–Kier alpha value is -3.13.